The van der Waals surface area contributed by atoms with Gasteiger partial charge in [0.05, 0.1) is 0 Å². The smallest absolute Gasteiger partial charge is 0.291 e. The van der Waals surface area contributed by atoms with Gasteiger partial charge in [0.1, 0.15) is 0 Å². The minimum Gasteiger partial charge on any atom is -0.412 e. The van der Waals surface area contributed by atoms with Crippen LogP contribution in [0.3, 0.4) is 0 Å². The van der Waals surface area contributed by atoms with Crippen LogP contribution in [0.4, 0.5) is 0 Å². The Bertz CT molecular complexity index is 65.6. The predicted octanol–water partition coefficient (Wildman–Crippen LogP) is -3.17. The molecule has 8 N–H and O–H groups in total. The van der Waals surface area contributed by atoms with Crippen molar-refractivity contribution in [2.24, 2.45) is 0 Å². The van der Waals surface area contributed by atoms with Crippen molar-refractivity contribution in [1.82, 2.24) is 0 Å². The summed E-state index contributed by atoms with van der Waals surface area (Å²) in [5.41, 5.74) is 0. The molecule has 11 nitrogen and oxygen atoms in total. The van der Waals surface area contributed by atoms with Crippen molar-refractivity contribution in [2.75, 3.05) is 0 Å². The van der Waals surface area contributed by atoms with Crippen molar-refractivity contribution < 1.29 is 37.0 Å². The maximum absolute atomic E-state index is 8.36. The van der Waals surface area contributed by atoms with E-state index in [0.29, 0.717) is 0 Å². The molecule has 0 heterocycles. The zero-order valence-corrected chi connectivity index (χ0v) is 4.92. The highest BCUT2D eigenvalue weighted by atomic mass is 16.9. The lowest BCUT2D eigenvalue weighted by Gasteiger charge is -1.56. The zero-order valence-electron chi connectivity index (χ0n) is 4.92. The number of rotatable bonds is 0. The molecule has 0 aromatic carbocycles. The normalized spacial score (nSPS) is 4.36. The predicted molar refractivity (Wildman–Crippen MR) is 28.4 cm³/mol. The molecule has 0 bridgehead atoms. The van der Waals surface area contributed by atoms with Gasteiger partial charge in [0.2, 0.25) is 0 Å². The van der Waals surface area contributed by atoms with Gasteiger partial charge in [-0.15, -0.1) is 20.2 Å². The first-order valence-electron chi connectivity index (χ1n) is 1.13. The molecule has 11 heteroatoms. The highest BCUT2D eigenvalue weighted by Crippen LogP contribution is 1.38. The maximum atomic E-state index is 8.36. The number of nitrogens with zero attached hydrogens (tertiary/aromatic N) is 2. The standard InChI is InChI=1S/2HNO3.3H2O/c2*2-1(3)4;;;/h2*(H,2,3,4);3*1H2. The highest BCUT2D eigenvalue weighted by molar-refractivity contribution is 3.83. The third-order valence-corrected chi connectivity index (χ3v) is 0. The third-order valence-electron chi connectivity index (χ3n) is 0. The summed E-state index contributed by atoms with van der Waals surface area (Å²) in [6, 6.07) is 0. The van der Waals surface area contributed by atoms with Crippen LogP contribution in [0.25, 0.3) is 0 Å². The van der Waals surface area contributed by atoms with Gasteiger partial charge in [-0.25, -0.2) is 0 Å². The lowest BCUT2D eigenvalue weighted by molar-refractivity contribution is -0.742. The Morgan fingerprint density at radius 1 is 0.818 bits per heavy atom. The van der Waals surface area contributed by atoms with Crippen LogP contribution in [-0.2, 0) is 0 Å². The molecule has 0 rings (SSSR count). The SMILES string of the molecule is O.O.O.O=[N+]([O-])O.O=[N+]([O-])O. The summed E-state index contributed by atoms with van der Waals surface area (Å²) in [4.78, 5) is 16.7. The van der Waals surface area contributed by atoms with E-state index < -0.39 is 10.2 Å². The first-order valence-corrected chi connectivity index (χ1v) is 1.13. The molecule has 0 atom stereocenters. The molecule has 0 saturated carbocycles. The molecular formula is H8N2O9. The van der Waals surface area contributed by atoms with Crippen molar-refractivity contribution in [3.05, 3.63) is 20.2 Å². The van der Waals surface area contributed by atoms with Crippen LogP contribution < -0.4 is 0 Å². The minimum absolute atomic E-state index is 0. The van der Waals surface area contributed by atoms with Crippen LogP contribution >= 0.6 is 0 Å². The summed E-state index contributed by atoms with van der Waals surface area (Å²) >= 11 is 0. The molecule has 0 radical (unpaired) electrons. The second-order valence-electron chi connectivity index (χ2n) is 0.476. The molecule has 0 aliphatic heterocycles. The molecule has 0 aromatic heterocycles. The highest BCUT2D eigenvalue weighted by Gasteiger charge is 1.65. The summed E-state index contributed by atoms with van der Waals surface area (Å²) in [7, 11) is 0. The van der Waals surface area contributed by atoms with Gasteiger partial charge >= 0.3 is 0 Å². The summed E-state index contributed by atoms with van der Waals surface area (Å²) in [6.07, 6.45) is 0. The summed E-state index contributed by atoms with van der Waals surface area (Å²) in [5, 5.41) is 27.3. The third kappa shape index (κ3) is 110. The van der Waals surface area contributed by atoms with Crippen molar-refractivity contribution >= 4 is 0 Å². The quantitative estimate of drug-likeness (QED) is 0.288. The van der Waals surface area contributed by atoms with E-state index in [2.05, 4.69) is 0 Å². The monoisotopic (exact) mass is 180 g/mol. The van der Waals surface area contributed by atoms with Crippen LogP contribution in [0.1, 0.15) is 0 Å². The van der Waals surface area contributed by atoms with Gasteiger partial charge in [-0.05, 0) is 0 Å². The molecule has 0 amide bonds. The van der Waals surface area contributed by atoms with E-state index in [0.717, 1.165) is 0 Å². The van der Waals surface area contributed by atoms with Crippen molar-refractivity contribution in [2.45, 2.75) is 0 Å². The first kappa shape index (κ1) is 34.7. The average Bonchev–Trinajstić information content (AvgIpc) is 1.25. The van der Waals surface area contributed by atoms with Gasteiger partial charge in [0, 0.05) is 0 Å². The molecule has 0 spiro atoms. The lowest BCUT2D eigenvalue weighted by Crippen LogP contribution is -1.81. The summed E-state index contributed by atoms with van der Waals surface area (Å²) < 4.78 is 0. The number of hydrogen-bond donors (Lipinski definition) is 2. The molecule has 0 aliphatic carbocycles. The van der Waals surface area contributed by atoms with Crippen molar-refractivity contribution in [3.63, 3.8) is 0 Å². The van der Waals surface area contributed by atoms with Crippen LogP contribution in [0, 0.1) is 20.2 Å². The molecule has 0 aromatic rings. The fourth-order valence-corrected chi connectivity index (χ4v) is 0. The Morgan fingerprint density at radius 3 is 0.818 bits per heavy atom. The average molecular weight is 180 g/mol. The van der Waals surface area contributed by atoms with E-state index in [9.17, 15) is 0 Å². The van der Waals surface area contributed by atoms with Gasteiger partial charge < -0.3 is 26.8 Å². The molecule has 0 unspecified atom stereocenters. The van der Waals surface area contributed by atoms with Gasteiger partial charge in [0.25, 0.3) is 10.2 Å². The fraction of sp³-hybridized carbons (Fsp3) is 0. The maximum Gasteiger partial charge on any atom is 0.291 e. The Balaban J connectivity index is -0.0000000171. The summed E-state index contributed by atoms with van der Waals surface area (Å²) in [5.74, 6) is 0. The van der Waals surface area contributed by atoms with E-state index in [4.69, 9.17) is 30.6 Å². The van der Waals surface area contributed by atoms with E-state index in [1.165, 1.54) is 0 Å². The van der Waals surface area contributed by atoms with Gasteiger partial charge in [0.15, 0.2) is 0 Å². The molecule has 72 valence electrons. The van der Waals surface area contributed by atoms with E-state index >= 15 is 0 Å². The Morgan fingerprint density at radius 2 is 0.818 bits per heavy atom. The second kappa shape index (κ2) is 24.0. The largest absolute Gasteiger partial charge is 0.412 e. The lowest BCUT2D eigenvalue weighted by atomic mass is 13.1. The van der Waals surface area contributed by atoms with Gasteiger partial charge in [-0.3, -0.25) is 0 Å². The fourth-order valence-electron chi connectivity index (χ4n) is 0. The molecule has 0 aliphatic rings. The molecule has 11 heavy (non-hydrogen) atoms. The Labute approximate surface area is 58.6 Å². The molecular weight excluding hydrogens is 172 g/mol. The van der Waals surface area contributed by atoms with Crippen LogP contribution in [0.5, 0.6) is 0 Å². The van der Waals surface area contributed by atoms with E-state index in [1.807, 2.05) is 0 Å². The van der Waals surface area contributed by atoms with E-state index in [-0.39, 0.29) is 16.4 Å². The van der Waals surface area contributed by atoms with Crippen LogP contribution in [0.15, 0.2) is 0 Å². The van der Waals surface area contributed by atoms with Crippen molar-refractivity contribution in [1.29, 1.82) is 0 Å². The molecule has 0 fully saturated rings. The topological polar surface area (TPSA) is 221 Å². The van der Waals surface area contributed by atoms with Crippen LogP contribution in [-0.4, -0.2) is 37.0 Å². The first-order chi connectivity index (χ1) is 3.46. The zero-order chi connectivity index (χ0) is 7.15. The van der Waals surface area contributed by atoms with E-state index in [1.54, 1.807) is 0 Å². The Kier molecular flexibility index (Phi) is 75.6. The Hall–Kier alpha value is -1.72. The van der Waals surface area contributed by atoms with Gasteiger partial charge in [-0.2, -0.15) is 0 Å². The molecule has 0 saturated heterocycles. The number of hydrogen-bond acceptors (Lipinski definition) is 4. The van der Waals surface area contributed by atoms with Gasteiger partial charge in [-0.1, -0.05) is 0 Å². The minimum atomic E-state index is -1.50. The van der Waals surface area contributed by atoms with Crippen molar-refractivity contribution in [3.8, 4) is 0 Å². The van der Waals surface area contributed by atoms with Crippen LogP contribution in [0.2, 0.25) is 0 Å². The second-order valence-corrected chi connectivity index (χ2v) is 0.476. The summed E-state index contributed by atoms with van der Waals surface area (Å²) in [6.45, 7) is 0.